The number of amides is 2. The van der Waals surface area contributed by atoms with Gasteiger partial charge in [-0.25, -0.2) is 18.4 Å². The summed E-state index contributed by atoms with van der Waals surface area (Å²) in [5, 5.41) is 10.4. The van der Waals surface area contributed by atoms with E-state index in [1.165, 1.54) is 24.3 Å². The fourth-order valence-electron chi connectivity index (χ4n) is 2.07. The van der Waals surface area contributed by atoms with Gasteiger partial charge in [-0.2, -0.15) is 0 Å². The molecule has 7 heteroatoms. The molecule has 0 unspecified atom stereocenters. The number of hydrogen-bond acceptors (Lipinski definition) is 3. The van der Waals surface area contributed by atoms with E-state index in [2.05, 4.69) is 10.6 Å². The van der Waals surface area contributed by atoms with Crippen LogP contribution in [0.25, 0.3) is 0 Å². The molecule has 0 aliphatic heterocycles. The highest BCUT2D eigenvalue weighted by atomic mass is 32.2. The summed E-state index contributed by atoms with van der Waals surface area (Å²) in [6.07, 6.45) is 0. The zero-order valence-corrected chi connectivity index (χ0v) is 13.1. The molecule has 0 aromatic heterocycles. The van der Waals surface area contributed by atoms with Gasteiger partial charge in [0.2, 0.25) is 10.0 Å². The van der Waals surface area contributed by atoms with Crippen LogP contribution in [0, 0.1) is 13.8 Å². The Morgan fingerprint density at radius 2 is 1.41 bits per heavy atom. The molecule has 0 atom stereocenters. The van der Waals surface area contributed by atoms with Gasteiger partial charge in [0.05, 0.1) is 4.90 Å². The summed E-state index contributed by atoms with van der Waals surface area (Å²) in [4.78, 5) is 11.9. The fourth-order valence-corrected chi connectivity index (χ4v) is 2.58. The molecule has 116 valence electrons. The van der Waals surface area contributed by atoms with Crippen LogP contribution in [0.2, 0.25) is 0 Å². The van der Waals surface area contributed by atoms with Gasteiger partial charge in [-0.1, -0.05) is 6.07 Å². The minimum atomic E-state index is -3.73. The fraction of sp³-hybridized carbons (Fsp3) is 0.133. The van der Waals surface area contributed by atoms with Crippen LogP contribution in [0.5, 0.6) is 0 Å². The number of benzene rings is 2. The molecule has 0 aliphatic rings. The lowest BCUT2D eigenvalue weighted by atomic mass is 10.1. The first-order valence-electron chi connectivity index (χ1n) is 6.53. The molecule has 0 heterocycles. The highest BCUT2D eigenvalue weighted by Gasteiger charge is 2.08. The number of urea groups is 1. The largest absolute Gasteiger partial charge is 0.323 e. The van der Waals surface area contributed by atoms with E-state index in [1.54, 1.807) is 0 Å². The van der Waals surface area contributed by atoms with Crippen molar-refractivity contribution in [3.05, 3.63) is 53.6 Å². The van der Waals surface area contributed by atoms with Crippen LogP contribution in [-0.2, 0) is 10.0 Å². The maximum atomic E-state index is 11.9. The molecule has 2 amide bonds. The van der Waals surface area contributed by atoms with Crippen molar-refractivity contribution in [1.82, 2.24) is 0 Å². The zero-order valence-electron chi connectivity index (χ0n) is 12.3. The molecule has 0 spiro atoms. The van der Waals surface area contributed by atoms with Gasteiger partial charge in [0, 0.05) is 11.4 Å². The third kappa shape index (κ3) is 4.31. The molecule has 0 radical (unpaired) electrons. The number of sulfonamides is 1. The molecule has 22 heavy (non-hydrogen) atoms. The van der Waals surface area contributed by atoms with E-state index >= 15 is 0 Å². The number of carbonyl (C=O) groups is 1. The summed E-state index contributed by atoms with van der Waals surface area (Å²) in [6, 6.07) is 10.9. The Kier molecular flexibility index (Phi) is 4.48. The van der Waals surface area contributed by atoms with E-state index in [0.717, 1.165) is 11.1 Å². The van der Waals surface area contributed by atoms with Crippen LogP contribution in [0.3, 0.4) is 0 Å². The lowest BCUT2D eigenvalue weighted by molar-refractivity contribution is 0.262. The standard InChI is InChI=1S/C15H17N3O3S/c1-10-7-11(2)9-13(8-10)18-15(19)17-12-3-5-14(6-4-12)22(16,20)21/h3-9H,1-2H3,(H2,16,20,21)(H2,17,18,19). The second-order valence-electron chi connectivity index (χ2n) is 5.02. The minimum Gasteiger partial charge on any atom is -0.308 e. The zero-order chi connectivity index (χ0) is 16.3. The van der Waals surface area contributed by atoms with Crippen molar-refractivity contribution in [1.29, 1.82) is 0 Å². The maximum Gasteiger partial charge on any atom is 0.323 e. The van der Waals surface area contributed by atoms with Crippen molar-refractivity contribution in [2.75, 3.05) is 10.6 Å². The summed E-state index contributed by atoms with van der Waals surface area (Å²) in [7, 11) is -3.73. The van der Waals surface area contributed by atoms with Gasteiger partial charge in [0.15, 0.2) is 0 Å². The van der Waals surface area contributed by atoms with Gasteiger partial charge >= 0.3 is 6.03 Å². The second kappa shape index (κ2) is 6.17. The maximum absolute atomic E-state index is 11.9. The number of anilines is 2. The van der Waals surface area contributed by atoms with Crippen molar-refractivity contribution < 1.29 is 13.2 Å². The quantitative estimate of drug-likeness (QED) is 0.810. The topological polar surface area (TPSA) is 101 Å². The van der Waals surface area contributed by atoms with Gasteiger partial charge in [0.1, 0.15) is 0 Å². The Hall–Kier alpha value is -2.38. The van der Waals surface area contributed by atoms with Gasteiger partial charge in [-0.05, 0) is 61.4 Å². The first kappa shape index (κ1) is 16.0. The summed E-state index contributed by atoms with van der Waals surface area (Å²) in [5.41, 5.74) is 3.26. The molecule has 6 nitrogen and oxygen atoms in total. The van der Waals surface area contributed by atoms with Crippen LogP contribution in [-0.4, -0.2) is 14.4 Å². The van der Waals surface area contributed by atoms with Crippen LogP contribution < -0.4 is 15.8 Å². The second-order valence-corrected chi connectivity index (χ2v) is 6.59. The van der Waals surface area contributed by atoms with Gasteiger partial charge < -0.3 is 10.6 Å². The van der Waals surface area contributed by atoms with E-state index in [4.69, 9.17) is 5.14 Å². The lowest BCUT2D eigenvalue weighted by Crippen LogP contribution is -2.19. The molecular formula is C15H17N3O3S. The monoisotopic (exact) mass is 319 g/mol. The average Bonchev–Trinajstić information content (AvgIpc) is 2.36. The van der Waals surface area contributed by atoms with E-state index in [9.17, 15) is 13.2 Å². The number of primary sulfonamides is 1. The van der Waals surface area contributed by atoms with Crippen LogP contribution in [0.15, 0.2) is 47.4 Å². The Labute approximate surface area is 129 Å². The number of aryl methyl sites for hydroxylation is 2. The van der Waals surface area contributed by atoms with Gasteiger partial charge in [0.25, 0.3) is 0 Å². The third-order valence-corrected chi connectivity index (χ3v) is 3.85. The normalized spacial score (nSPS) is 11.0. The lowest BCUT2D eigenvalue weighted by Gasteiger charge is -2.09. The van der Waals surface area contributed by atoms with Crippen molar-refractivity contribution in [3.8, 4) is 0 Å². The predicted octanol–water partition coefficient (Wildman–Crippen LogP) is 2.59. The SMILES string of the molecule is Cc1cc(C)cc(NC(=O)Nc2ccc(S(N)(=O)=O)cc2)c1. The van der Waals surface area contributed by atoms with E-state index in [1.807, 2.05) is 32.0 Å². The number of rotatable bonds is 3. The number of nitrogens with one attached hydrogen (secondary N) is 2. The molecule has 0 bridgehead atoms. The highest BCUT2D eigenvalue weighted by Crippen LogP contribution is 2.16. The molecule has 2 rings (SSSR count). The molecule has 4 N–H and O–H groups in total. The van der Waals surface area contributed by atoms with E-state index < -0.39 is 16.1 Å². The summed E-state index contributed by atoms with van der Waals surface area (Å²) in [6.45, 7) is 3.89. The summed E-state index contributed by atoms with van der Waals surface area (Å²) < 4.78 is 22.3. The number of hydrogen-bond donors (Lipinski definition) is 3. The smallest absolute Gasteiger partial charge is 0.308 e. The average molecular weight is 319 g/mol. The third-order valence-electron chi connectivity index (χ3n) is 2.92. The summed E-state index contributed by atoms with van der Waals surface area (Å²) >= 11 is 0. The van der Waals surface area contributed by atoms with Crippen LogP contribution >= 0.6 is 0 Å². The minimum absolute atomic E-state index is 0.00670. The van der Waals surface area contributed by atoms with Gasteiger partial charge in [-0.3, -0.25) is 0 Å². The molecule has 0 saturated heterocycles. The molecule has 0 fully saturated rings. The molecule has 0 saturated carbocycles. The molecule has 0 aliphatic carbocycles. The predicted molar refractivity (Wildman–Crippen MR) is 86.4 cm³/mol. The Morgan fingerprint density at radius 1 is 0.909 bits per heavy atom. The molecule has 2 aromatic rings. The van der Waals surface area contributed by atoms with Crippen molar-refractivity contribution >= 4 is 27.4 Å². The molecular weight excluding hydrogens is 302 g/mol. The first-order valence-corrected chi connectivity index (χ1v) is 8.08. The Morgan fingerprint density at radius 3 is 1.91 bits per heavy atom. The van der Waals surface area contributed by atoms with E-state index in [-0.39, 0.29) is 4.90 Å². The van der Waals surface area contributed by atoms with Crippen LogP contribution in [0.1, 0.15) is 11.1 Å². The van der Waals surface area contributed by atoms with Crippen molar-refractivity contribution in [2.45, 2.75) is 18.7 Å². The Bertz CT molecular complexity index is 779. The van der Waals surface area contributed by atoms with Gasteiger partial charge in [-0.15, -0.1) is 0 Å². The van der Waals surface area contributed by atoms with Crippen LogP contribution in [0.4, 0.5) is 16.2 Å². The van der Waals surface area contributed by atoms with E-state index in [0.29, 0.717) is 11.4 Å². The summed E-state index contributed by atoms with van der Waals surface area (Å²) in [5.74, 6) is 0. The number of nitrogens with two attached hydrogens (primary N) is 1. The number of carbonyl (C=O) groups excluding carboxylic acids is 1. The van der Waals surface area contributed by atoms with Crippen molar-refractivity contribution in [3.63, 3.8) is 0 Å². The molecule has 2 aromatic carbocycles. The van der Waals surface area contributed by atoms with Crippen molar-refractivity contribution in [2.24, 2.45) is 5.14 Å². The highest BCUT2D eigenvalue weighted by molar-refractivity contribution is 7.89. The Balaban J connectivity index is 2.06. The first-order chi connectivity index (χ1) is 10.2.